The van der Waals surface area contributed by atoms with Crippen LogP contribution in [0.3, 0.4) is 0 Å². The lowest BCUT2D eigenvalue weighted by molar-refractivity contribution is 0.154. The highest BCUT2D eigenvalue weighted by Gasteiger charge is 2.27. The largest absolute Gasteiger partial charge is 0.383 e. The van der Waals surface area contributed by atoms with E-state index in [4.69, 9.17) is 4.74 Å². The zero-order valence-electron chi connectivity index (χ0n) is 7.25. The molecule has 0 aliphatic carbocycles. The second-order valence-corrected chi connectivity index (χ2v) is 2.68. The van der Waals surface area contributed by atoms with Gasteiger partial charge in [-0.05, 0) is 0 Å². The molecule has 0 radical (unpaired) electrons. The first-order valence-corrected chi connectivity index (χ1v) is 3.95. The third kappa shape index (κ3) is 1.76. The van der Waals surface area contributed by atoms with E-state index in [1.807, 2.05) is 0 Å². The molecule has 1 N–H and O–H groups in total. The lowest BCUT2D eigenvalue weighted by Gasteiger charge is -2.19. The maximum Gasteiger partial charge on any atom is 0.318 e. The van der Waals surface area contributed by atoms with E-state index < -0.39 is 0 Å². The van der Waals surface area contributed by atoms with Crippen molar-refractivity contribution >= 4 is 6.03 Å². The van der Waals surface area contributed by atoms with Gasteiger partial charge in [0.2, 0.25) is 0 Å². The molecule has 1 fully saturated rings. The van der Waals surface area contributed by atoms with Crippen molar-refractivity contribution in [3.05, 3.63) is 12.7 Å². The molecule has 0 saturated carbocycles. The van der Waals surface area contributed by atoms with Gasteiger partial charge in [0.1, 0.15) is 0 Å². The summed E-state index contributed by atoms with van der Waals surface area (Å²) in [5.74, 6) is 0. The van der Waals surface area contributed by atoms with Gasteiger partial charge >= 0.3 is 6.03 Å². The summed E-state index contributed by atoms with van der Waals surface area (Å²) in [6.45, 7) is 5.51. The molecule has 1 saturated heterocycles. The monoisotopic (exact) mass is 170 g/mol. The molecule has 0 bridgehead atoms. The first kappa shape index (κ1) is 9.06. The van der Waals surface area contributed by atoms with E-state index in [0.29, 0.717) is 19.7 Å². The van der Waals surface area contributed by atoms with Crippen LogP contribution in [-0.4, -0.2) is 43.8 Å². The first-order valence-electron chi connectivity index (χ1n) is 3.95. The van der Waals surface area contributed by atoms with Gasteiger partial charge in [0, 0.05) is 20.2 Å². The molecular formula is C8H14N2O2. The number of rotatable bonds is 4. The molecule has 1 rings (SSSR count). The highest BCUT2D eigenvalue weighted by Crippen LogP contribution is 2.06. The predicted octanol–water partition coefficient (Wildman–Crippen LogP) is 0.213. The molecule has 4 heteroatoms. The summed E-state index contributed by atoms with van der Waals surface area (Å²) in [5.41, 5.74) is 0. The number of methoxy groups -OCH3 is 1. The molecule has 1 heterocycles. The fourth-order valence-corrected chi connectivity index (χ4v) is 1.22. The fraction of sp³-hybridized carbons (Fsp3) is 0.625. The van der Waals surface area contributed by atoms with Gasteiger partial charge in [-0.15, -0.1) is 6.58 Å². The number of nitrogens with zero attached hydrogens (tertiary/aromatic N) is 1. The molecule has 0 aromatic rings. The zero-order chi connectivity index (χ0) is 8.97. The van der Waals surface area contributed by atoms with Crippen LogP contribution >= 0.6 is 0 Å². The average molecular weight is 170 g/mol. The summed E-state index contributed by atoms with van der Waals surface area (Å²) in [4.78, 5) is 12.9. The quantitative estimate of drug-likeness (QED) is 0.613. The average Bonchev–Trinajstić information content (AvgIpc) is 2.43. The summed E-state index contributed by atoms with van der Waals surface area (Å²) >= 11 is 0. The lowest BCUT2D eigenvalue weighted by atomic mass is 10.3. The third-order valence-corrected chi connectivity index (χ3v) is 1.93. The van der Waals surface area contributed by atoms with Crippen LogP contribution in [0.5, 0.6) is 0 Å². The molecular weight excluding hydrogens is 156 g/mol. The van der Waals surface area contributed by atoms with Crippen LogP contribution in [0.4, 0.5) is 4.79 Å². The number of hydrogen-bond acceptors (Lipinski definition) is 2. The Kier molecular flexibility index (Phi) is 3.10. The Morgan fingerprint density at radius 3 is 3.25 bits per heavy atom. The molecule has 0 aromatic heterocycles. The van der Waals surface area contributed by atoms with Crippen molar-refractivity contribution in [3.63, 3.8) is 0 Å². The Hall–Kier alpha value is -1.03. The minimum Gasteiger partial charge on any atom is -0.383 e. The SMILES string of the molecule is C=CC1CNC(=O)N1CCOC. The molecule has 2 amide bonds. The summed E-state index contributed by atoms with van der Waals surface area (Å²) in [7, 11) is 1.62. The second kappa shape index (κ2) is 4.11. The summed E-state index contributed by atoms with van der Waals surface area (Å²) in [5, 5.41) is 2.74. The lowest BCUT2D eigenvalue weighted by Crippen LogP contribution is -2.35. The van der Waals surface area contributed by atoms with Gasteiger partial charge in [-0.3, -0.25) is 0 Å². The summed E-state index contributed by atoms with van der Waals surface area (Å²) in [6, 6.07) is 0.0876. The highest BCUT2D eigenvalue weighted by molar-refractivity contribution is 5.77. The topological polar surface area (TPSA) is 41.6 Å². The van der Waals surface area contributed by atoms with Crippen LogP contribution in [0.1, 0.15) is 0 Å². The van der Waals surface area contributed by atoms with Gasteiger partial charge in [-0.1, -0.05) is 6.08 Å². The molecule has 1 aliphatic rings. The van der Waals surface area contributed by atoms with Crippen molar-refractivity contribution < 1.29 is 9.53 Å². The molecule has 1 aliphatic heterocycles. The minimum absolute atomic E-state index is 0.0306. The van der Waals surface area contributed by atoms with E-state index in [9.17, 15) is 4.79 Å². The van der Waals surface area contributed by atoms with Crippen molar-refractivity contribution in [2.75, 3.05) is 26.8 Å². The highest BCUT2D eigenvalue weighted by atomic mass is 16.5. The van der Waals surface area contributed by atoms with Gasteiger partial charge in [0.05, 0.1) is 12.6 Å². The van der Waals surface area contributed by atoms with Crippen LogP contribution in [0.15, 0.2) is 12.7 Å². The van der Waals surface area contributed by atoms with Crippen LogP contribution in [0.25, 0.3) is 0 Å². The van der Waals surface area contributed by atoms with Gasteiger partial charge in [0.25, 0.3) is 0 Å². The minimum atomic E-state index is -0.0306. The van der Waals surface area contributed by atoms with Crippen molar-refractivity contribution in [2.45, 2.75) is 6.04 Å². The summed E-state index contributed by atoms with van der Waals surface area (Å²) in [6.07, 6.45) is 1.77. The Morgan fingerprint density at radius 2 is 2.67 bits per heavy atom. The molecule has 4 nitrogen and oxygen atoms in total. The fourth-order valence-electron chi connectivity index (χ4n) is 1.22. The Labute approximate surface area is 72.2 Å². The van der Waals surface area contributed by atoms with Gasteiger partial charge in [-0.2, -0.15) is 0 Å². The molecule has 1 atom stereocenters. The molecule has 68 valence electrons. The van der Waals surface area contributed by atoms with E-state index in [0.717, 1.165) is 0 Å². The molecule has 0 spiro atoms. The number of hydrogen-bond donors (Lipinski definition) is 1. The number of urea groups is 1. The van der Waals surface area contributed by atoms with Crippen molar-refractivity contribution in [1.82, 2.24) is 10.2 Å². The first-order chi connectivity index (χ1) is 5.79. The van der Waals surface area contributed by atoms with E-state index in [2.05, 4.69) is 11.9 Å². The maximum atomic E-state index is 11.2. The maximum absolute atomic E-state index is 11.2. The standard InChI is InChI=1S/C8H14N2O2/c1-3-7-6-9-8(11)10(7)4-5-12-2/h3,7H,1,4-6H2,2H3,(H,9,11). The van der Waals surface area contributed by atoms with Gasteiger partial charge in [-0.25, -0.2) is 4.79 Å². The van der Waals surface area contributed by atoms with E-state index in [-0.39, 0.29) is 12.1 Å². The molecule has 12 heavy (non-hydrogen) atoms. The van der Waals surface area contributed by atoms with Gasteiger partial charge < -0.3 is 15.0 Å². The Morgan fingerprint density at radius 1 is 1.92 bits per heavy atom. The van der Waals surface area contributed by atoms with E-state index in [1.54, 1.807) is 18.1 Å². The number of carbonyl (C=O) groups excluding carboxylic acids is 1. The number of ether oxygens (including phenoxy) is 1. The van der Waals surface area contributed by atoms with Crippen LogP contribution < -0.4 is 5.32 Å². The predicted molar refractivity (Wildman–Crippen MR) is 46.0 cm³/mol. The Balaban J connectivity index is 2.46. The smallest absolute Gasteiger partial charge is 0.318 e. The Bertz CT molecular complexity index is 182. The number of nitrogens with one attached hydrogen (secondary N) is 1. The van der Waals surface area contributed by atoms with E-state index >= 15 is 0 Å². The zero-order valence-corrected chi connectivity index (χ0v) is 7.25. The second-order valence-electron chi connectivity index (χ2n) is 2.68. The number of carbonyl (C=O) groups is 1. The number of amides is 2. The van der Waals surface area contributed by atoms with Crippen LogP contribution in [-0.2, 0) is 4.74 Å². The molecule has 1 unspecified atom stereocenters. The normalized spacial score (nSPS) is 22.6. The summed E-state index contributed by atoms with van der Waals surface area (Å²) < 4.78 is 4.89. The van der Waals surface area contributed by atoms with Crippen molar-refractivity contribution in [2.24, 2.45) is 0 Å². The van der Waals surface area contributed by atoms with Crippen LogP contribution in [0, 0.1) is 0 Å². The van der Waals surface area contributed by atoms with Gasteiger partial charge in [0.15, 0.2) is 0 Å². The third-order valence-electron chi connectivity index (χ3n) is 1.93. The van der Waals surface area contributed by atoms with Crippen molar-refractivity contribution in [3.8, 4) is 0 Å². The van der Waals surface area contributed by atoms with Crippen molar-refractivity contribution in [1.29, 1.82) is 0 Å². The van der Waals surface area contributed by atoms with E-state index in [1.165, 1.54) is 0 Å². The van der Waals surface area contributed by atoms with Crippen LogP contribution in [0.2, 0.25) is 0 Å². The molecule has 0 aromatic carbocycles.